The van der Waals surface area contributed by atoms with Crippen molar-refractivity contribution < 1.29 is 0 Å². The lowest BCUT2D eigenvalue weighted by Gasteiger charge is -2.06. The van der Waals surface area contributed by atoms with E-state index in [0.717, 1.165) is 5.92 Å². The minimum Gasteiger partial charge on any atom is -0.0745 e. The van der Waals surface area contributed by atoms with Crippen molar-refractivity contribution in [3.05, 3.63) is 11.1 Å². The molecule has 0 aromatic rings. The van der Waals surface area contributed by atoms with E-state index in [-0.39, 0.29) is 0 Å². The molecule has 0 amide bonds. The molecule has 0 bridgehead atoms. The molecular formula is C9H17Br. The van der Waals surface area contributed by atoms with Gasteiger partial charge in [-0.25, -0.2) is 0 Å². The van der Waals surface area contributed by atoms with Crippen LogP contribution in [0.5, 0.6) is 0 Å². The first-order chi connectivity index (χ1) is 4.85. The van der Waals surface area contributed by atoms with Crippen LogP contribution in [0.1, 0.15) is 39.5 Å². The van der Waals surface area contributed by atoms with Crippen molar-refractivity contribution in [2.45, 2.75) is 39.5 Å². The first-order valence-corrected chi connectivity index (χ1v) is 5.03. The summed E-state index contributed by atoms with van der Waals surface area (Å²) in [5.41, 5.74) is 0. The summed E-state index contributed by atoms with van der Waals surface area (Å²) in [4.78, 5) is 1.98. The highest BCUT2D eigenvalue weighted by Gasteiger charge is 1.98. The molecule has 1 atom stereocenters. The summed E-state index contributed by atoms with van der Waals surface area (Å²) >= 11 is 3.30. The SMILES string of the molecule is CCCCC(/C=C/Br)CC. The van der Waals surface area contributed by atoms with Gasteiger partial charge in [-0.2, -0.15) is 0 Å². The number of hydrogen-bond donors (Lipinski definition) is 0. The Balaban J connectivity index is 3.39. The molecule has 1 heteroatoms. The molecule has 0 aromatic carbocycles. The van der Waals surface area contributed by atoms with Crippen molar-refractivity contribution in [3.8, 4) is 0 Å². The molecule has 0 spiro atoms. The fourth-order valence-corrected chi connectivity index (χ4v) is 1.44. The topological polar surface area (TPSA) is 0 Å². The molecule has 10 heavy (non-hydrogen) atoms. The van der Waals surface area contributed by atoms with Gasteiger partial charge in [0.25, 0.3) is 0 Å². The molecule has 0 aliphatic heterocycles. The number of allylic oxidation sites excluding steroid dienone is 1. The van der Waals surface area contributed by atoms with E-state index in [4.69, 9.17) is 0 Å². The van der Waals surface area contributed by atoms with Crippen LogP contribution in [0.3, 0.4) is 0 Å². The minimum atomic E-state index is 0.791. The second-order valence-electron chi connectivity index (χ2n) is 2.63. The smallest absolute Gasteiger partial charge is 0.0226 e. The molecule has 1 unspecified atom stereocenters. The van der Waals surface area contributed by atoms with Gasteiger partial charge >= 0.3 is 0 Å². The zero-order chi connectivity index (χ0) is 7.82. The van der Waals surface area contributed by atoms with Crippen LogP contribution < -0.4 is 0 Å². The van der Waals surface area contributed by atoms with Gasteiger partial charge in [0.1, 0.15) is 0 Å². The number of rotatable bonds is 5. The van der Waals surface area contributed by atoms with Gasteiger partial charge < -0.3 is 0 Å². The fourth-order valence-electron chi connectivity index (χ4n) is 1.01. The Morgan fingerprint density at radius 3 is 2.50 bits per heavy atom. The summed E-state index contributed by atoms with van der Waals surface area (Å²) in [6.45, 7) is 4.48. The van der Waals surface area contributed by atoms with E-state index < -0.39 is 0 Å². The molecule has 0 heterocycles. The molecule has 0 nitrogen and oxygen atoms in total. The molecule has 60 valence electrons. The normalized spacial score (nSPS) is 14.3. The van der Waals surface area contributed by atoms with E-state index in [9.17, 15) is 0 Å². The van der Waals surface area contributed by atoms with Crippen molar-refractivity contribution in [2.75, 3.05) is 0 Å². The van der Waals surface area contributed by atoms with Gasteiger partial charge in [0.2, 0.25) is 0 Å². The molecule has 0 aliphatic carbocycles. The zero-order valence-electron chi connectivity index (χ0n) is 6.94. The zero-order valence-corrected chi connectivity index (χ0v) is 8.52. The van der Waals surface area contributed by atoms with Gasteiger partial charge in [-0.05, 0) is 23.7 Å². The van der Waals surface area contributed by atoms with Gasteiger partial charge in [-0.1, -0.05) is 48.7 Å². The molecule has 0 fully saturated rings. The van der Waals surface area contributed by atoms with E-state index in [1.165, 1.54) is 25.7 Å². The summed E-state index contributed by atoms with van der Waals surface area (Å²) in [6.07, 6.45) is 7.52. The monoisotopic (exact) mass is 204 g/mol. The van der Waals surface area contributed by atoms with Crippen molar-refractivity contribution >= 4 is 15.9 Å². The van der Waals surface area contributed by atoms with Crippen LogP contribution in [0.4, 0.5) is 0 Å². The third kappa shape index (κ3) is 5.04. The highest BCUT2D eigenvalue weighted by Crippen LogP contribution is 2.14. The Bertz CT molecular complexity index is 86.7. The molecule has 0 N–H and O–H groups in total. The summed E-state index contributed by atoms with van der Waals surface area (Å²) in [7, 11) is 0. The van der Waals surface area contributed by atoms with Crippen LogP contribution in [0.25, 0.3) is 0 Å². The average Bonchev–Trinajstić information content (AvgIpc) is 1.98. The Labute approximate surface area is 72.8 Å². The van der Waals surface area contributed by atoms with Gasteiger partial charge in [0.05, 0.1) is 0 Å². The Morgan fingerprint density at radius 1 is 1.40 bits per heavy atom. The van der Waals surface area contributed by atoms with Gasteiger partial charge in [0.15, 0.2) is 0 Å². The standard InChI is InChI=1S/C9H17Br/c1-3-5-6-9(4-2)7-8-10/h7-9H,3-6H2,1-2H3/b8-7+. The molecule has 0 saturated heterocycles. The maximum atomic E-state index is 3.30. The summed E-state index contributed by atoms with van der Waals surface area (Å²) in [5.74, 6) is 0.791. The summed E-state index contributed by atoms with van der Waals surface area (Å²) in [6, 6.07) is 0. The quantitative estimate of drug-likeness (QED) is 0.633. The van der Waals surface area contributed by atoms with E-state index in [0.29, 0.717) is 0 Å². The van der Waals surface area contributed by atoms with Crippen LogP contribution >= 0.6 is 15.9 Å². The van der Waals surface area contributed by atoms with E-state index in [2.05, 4.69) is 35.9 Å². The van der Waals surface area contributed by atoms with Crippen LogP contribution in [-0.4, -0.2) is 0 Å². The van der Waals surface area contributed by atoms with Gasteiger partial charge in [0, 0.05) is 0 Å². The minimum absolute atomic E-state index is 0.791. The second kappa shape index (κ2) is 7.33. The summed E-state index contributed by atoms with van der Waals surface area (Å²) in [5, 5.41) is 0. The van der Waals surface area contributed by atoms with Crippen LogP contribution in [0.2, 0.25) is 0 Å². The average molecular weight is 205 g/mol. The molecular weight excluding hydrogens is 188 g/mol. The highest BCUT2D eigenvalue weighted by atomic mass is 79.9. The molecule has 0 radical (unpaired) electrons. The fraction of sp³-hybridized carbons (Fsp3) is 0.778. The highest BCUT2D eigenvalue weighted by molar-refractivity contribution is 9.11. The lowest BCUT2D eigenvalue weighted by molar-refractivity contribution is 0.541. The lowest BCUT2D eigenvalue weighted by Crippen LogP contribution is -1.92. The largest absolute Gasteiger partial charge is 0.0745 e. The van der Waals surface area contributed by atoms with Crippen LogP contribution in [0, 0.1) is 5.92 Å². The first-order valence-electron chi connectivity index (χ1n) is 4.12. The third-order valence-electron chi connectivity index (χ3n) is 1.80. The van der Waals surface area contributed by atoms with E-state index in [1.54, 1.807) is 0 Å². The van der Waals surface area contributed by atoms with Gasteiger partial charge in [-0.15, -0.1) is 0 Å². The molecule has 0 aliphatic rings. The van der Waals surface area contributed by atoms with Crippen molar-refractivity contribution in [3.63, 3.8) is 0 Å². The predicted molar refractivity (Wildman–Crippen MR) is 51.4 cm³/mol. The molecule has 0 rings (SSSR count). The molecule has 0 aromatic heterocycles. The van der Waals surface area contributed by atoms with E-state index >= 15 is 0 Å². The van der Waals surface area contributed by atoms with E-state index in [1.807, 2.05) is 4.99 Å². The number of hydrogen-bond acceptors (Lipinski definition) is 0. The maximum Gasteiger partial charge on any atom is -0.0226 e. The predicted octanol–water partition coefficient (Wildman–Crippen LogP) is 4.11. The van der Waals surface area contributed by atoms with Gasteiger partial charge in [-0.3, -0.25) is 0 Å². The maximum absolute atomic E-state index is 3.30. The van der Waals surface area contributed by atoms with Crippen molar-refractivity contribution in [1.29, 1.82) is 0 Å². The summed E-state index contributed by atoms with van der Waals surface area (Å²) < 4.78 is 0. The Kier molecular flexibility index (Phi) is 7.49. The first kappa shape index (κ1) is 10.2. The number of unbranched alkanes of at least 4 members (excludes halogenated alkanes) is 1. The van der Waals surface area contributed by atoms with Crippen molar-refractivity contribution in [1.82, 2.24) is 0 Å². The molecule has 0 saturated carbocycles. The van der Waals surface area contributed by atoms with Crippen LogP contribution in [-0.2, 0) is 0 Å². The lowest BCUT2D eigenvalue weighted by atomic mass is 10.00. The number of halogens is 1. The Morgan fingerprint density at radius 2 is 2.10 bits per heavy atom. The third-order valence-corrected chi connectivity index (χ3v) is 2.10. The van der Waals surface area contributed by atoms with Crippen LogP contribution in [0.15, 0.2) is 11.1 Å². The Hall–Kier alpha value is 0.220. The second-order valence-corrected chi connectivity index (χ2v) is 3.16. The van der Waals surface area contributed by atoms with Crippen molar-refractivity contribution in [2.24, 2.45) is 5.92 Å².